The molecule has 2 heterocycles. The van der Waals surface area contributed by atoms with Crippen LogP contribution in [-0.4, -0.2) is 19.9 Å². The summed E-state index contributed by atoms with van der Waals surface area (Å²) in [5.74, 6) is 1.85. The predicted molar refractivity (Wildman–Crippen MR) is 242 cm³/mol. The Balaban J connectivity index is 1.25. The molecule has 9 aromatic carbocycles. The maximum absolute atomic E-state index is 5.21. The van der Waals surface area contributed by atoms with Crippen LogP contribution in [0.5, 0.6) is 0 Å². The molecular formula is C54H34N4. The van der Waals surface area contributed by atoms with Gasteiger partial charge in [0.15, 0.2) is 17.5 Å². The van der Waals surface area contributed by atoms with E-state index in [1.807, 2.05) is 30.5 Å². The second kappa shape index (κ2) is 14.0. The summed E-state index contributed by atoms with van der Waals surface area (Å²) in [6, 6.07) is 69.0. The highest BCUT2D eigenvalue weighted by atomic mass is 15.0. The minimum absolute atomic E-state index is 0.612. The van der Waals surface area contributed by atoms with Gasteiger partial charge in [-0.3, -0.25) is 4.98 Å². The Hall–Kier alpha value is -7.82. The van der Waals surface area contributed by atoms with Crippen molar-refractivity contribution in [2.45, 2.75) is 0 Å². The van der Waals surface area contributed by atoms with Gasteiger partial charge in [0.2, 0.25) is 0 Å². The third-order valence-corrected chi connectivity index (χ3v) is 11.2. The van der Waals surface area contributed by atoms with Crippen LogP contribution in [0.4, 0.5) is 0 Å². The molecule has 0 unspecified atom stereocenters. The minimum atomic E-state index is 0.612. The molecule has 0 aliphatic carbocycles. The number of nitrogens with zero attached hydrogens (tertiary/aromatic N) is 4. The molecule has 11 rings (SSSR count). The van der Waals surface area contributed by atoms with E-state index < -0.39 is 0 Å². The van der Waals surface area contributed by atoms with Crippen molar-refractivity contribution in [1.82, 2.24) is 19.9 Å². The molecule has 4 nitrogen and oxygen atoms in total. The zero-order chi connectivity index (χ0) is 38.4. The lowest BCUT2D eigenvalue weighted by Crippen LogP contribution is -2.00. The fourth-order valence-electron chi connectivity index (χ4n) is 8.46. The molecule has 4 heteroatoms. The van der Waals surface area contributed by atoms with Gasteiger partial charge in [-0.25, -0.2) is 15.0 Å². The third-order valence-electron chi connectivity index (χ3n) is 11.2. The van der Waals surface area contributed by atoms with Gasteiger partial charge in [0.1, 0.15) is 0 Å². The second-order valence-corrected chi connectivity index (χ2v) is 14.6. The number of rotatable bonds is 4. The average molecular weight is 739 g/mol. The third kappa shape index (κ3) is 5.78. The van der Waals surface area contributed by atoms with Gasteiger partial charge >= 0.3 is 0 Å². The topological polar surface area (TPSA) is 51.6 Å². The molecule has 0 aliphatic heterocycles. The van der Waals surface area contributed by atoms with Gasteiger partial charge in [0, 0.05) is 29.1 Å². The van der Waals surface area contributed by atoms with Crippen LogP contribution in [-0.2, 0) is 0 Å². The van der Waals surface area contributed by atoms with Gasteiger partial charge < -0.3 is 0 Å². The summed E-state index contributed by atoms with van der Waals surface area (Å²) in [5, 5.41) is 14.2. The Labute approximate surface area is 335 Å². The van der Waals surface area contributed by atoms with E-state index in [2.05, 4.69) is 175 Å². The first kappa shape index (κ1) is 33.5. The molecule has 0 saturated carbocycles. The zero-order valence-electron chi connectivity index (χ0n) is 31.4. The Morgan fingerprint density at radius 2 is 0.690 bits per heavy atom. The fourth-order valence-corrected chi connectivity index (χ4v) is 8.46. The molecular weight excluding hydrogens is 705 g/mol. The number of hydrogen-bond acceptors (Lipinski definition) is 4. The number of benzene rings is 8. The van der Waals surface area contributed by atoms with Crippen LogP contribution in [0, 0.1) is 0 Å². The Bertz CT molecular complexity index is 3430. The normalized spacial score (nSPS) is 11.4. The summed E-state index contributed by atoms with van der Waals surface area (Å²) in [5.41, 5.74) is 4.89. The van der Waals surface area contributed by atoms with Gasteiger partial charge in [-0.2, -0.15) is 0 Å². The van der Waals surface area contributed by atoms with Crippen molar-refractivity contribution in [2.75, 3.05) is 0 Å². The van der Waals surface area contributed by atoms with E-state index in [9.17, 15) is 0 Å². The lowest BCUT2D eigenvalue weighted by Gasteiger charge is -2.13. The van der Waals surface area contributed by atoms with Crippen molar-refractivity contribution in [3.8, 4) is 45.3 Å². The van der Waals surface area contributed by atoms with Gasteiger partial charge in [0.25, 0.3) is 0 Å². The predicted octanol–water partition coefficient (Wildman–Crippen LogP) is 14.0. The quantitative estimate of drug-likeness (QED) is 0.180. The molecule has 2 aromatic heterocycles. The van der Waals surface area contributed by atoms with E-state index in [1.165, 1.54) is 48.5 Å². The van der Waals surface area contributed by atoms with E-state index in [4.69, 9.17) is 15.0 Å². The van der Waals surface area contributed by atoms with Crippen molar-refractivity contribution in [3.05, 3.63) is 207 Å². The van der Waals surface area contributed by atoms with Crippen LogP contribution in [0.25, 0.3) is 110 Å². The van der Waals surface area contributed by atoms with Crippen molar-refractivity contribution in [1.29, 1.82) is 0 Å². The average Bonchev–Trinajstić information content (AvgIpc) is 3.31. The van der Waals surface area contributed by atoms with Crippen molar-refractivity contribution >= 4 is 64.6 Å². The smallest absolute Gasteiger partial charge is 0.164 e. The standard InChI is InChI=1S/C54H34N4/c1-2-14-37(15-3-1)52-56-53(38-26-24-35(25-27-38)40-16-12-32-55-34-40)58-54(57-52)39-29-30-47-45-21-9-7-19-43(45)42-18-6-8-20-44(42)46-22-10-11-23-48(46)51-41-17-5-4-13-36(41)28-31-49(51)50(47)33-39/h1-34H. The highest BCUT2D eigenvalue weighted by molar-refractivity contribution is 6.30. The van der Waals surface area contributed by atoms with E-state index >= 15 is 0 Å². The summed E-state index contributed by atoms with van der Waals surface area (Å²) in [6.07, 6.45) is 3.67. The van der Waals surface area contributed by atoms with Gasteiger partial charge in [-0.15, -0.1) is 0 Å². The second-order valence-electron chi connectivity index (χ2n) is 14.6. The zero-order valence-corrected chi connectivity index (χ0v) is 31.4. The van der Waals surface area contributed by atoms with Gasteiger partial charge in [-0.05, 0) is 87.9 Å². The minimum Gasteiger partial charge on any atom is -0.264 e. The number of hydrogen-bond donors (Lipinski definition) is 0. The summed E-state index contributed by atoms with van der Waals surface area (Å²) < 4.78 is 0. The molecule has 0 fully saturated rings. The van der Waals surface area contributed by atoms with Crippen molar-refractivity contribution < 1.29 is 0 Å². The molecule has 58 heavy (non-hydrogen) atoms. The molecule has 270 valence electrons. The number of fused-ring (bicyclic) bond motifs is 12. The molecule has 0 aliphatic rings. The van der Waals surface area contributed by atoms with Crippen LogP contribution in [0.2, 0.25) is 0 Å². The monoisotopic (exact) mass is 738 g/mol. The lowest BCUT2D eigenvalue weighted by molar-refractivity contribution is 1.07. The molecule has 0 spiro atoms. The van der Waals surface area contributed by atoms with Gasteiger partial charge in [-0.1, -0.05) is 182 Å². The Morgan fingerprint density at radius 3 is 1.31 bits per heavy atom. The first-order valence-corrected chi connectivity index (χ1v) is 19.5. The first-order valence-electron chi connectivity index (χ1n) is 19.5. The van der Waals surface area contributed by atoms with E-state index in [-0.39, 0.29) is 0 Å². The SMILES string of the molecule is c1ccc(-c2nc(-c3ccc(-c4cccnc4)cc3)nc(-c3ccc4c5ccccc5c5ccccc5c5ccccc5c5c6ccccc6ccc5c4c3)n2)cc1. The van der Waals surface area contributed by atoms with Gasteiger partial charge in [0.05, 0.1) is 0 Å². The van der Waals surface area contributed by atoms with Crippen molar-refractivity contribution in [2.24, 2.45) is 0 Å². The van der Waals surface area contributed by atoms with Crippen molar-refractivity contribution in [3.63, 3.8) is 0 Å². The molecule has 0 bridgehead atoms. The first-order chi connectivity index (χ1) is 28.8. The maximum atomic E-state index is 5.21. The Kier molecular flexibility index (Phi) is 8.11. The summed E-state index contributed by atoms with van der Waals surface area (Å²) in [6.45, 7) is 0. The lowest BCUT2D eigenvalue weighted by atomic mass is 9.91. The molecule has 0 saturated heterocycles. The highest BCUT2D eigenvalue weighted by Gasteiger charge is 2.16. The maximum Gasteiger partial charge on any atom is 0.164 e. The van der Waals surface area contributed by atoms with Crippen LogP contribution >= 0.6 is 0 Å². The summed E-state index contributed by atoms with van der Waals surface area (Å²) in [7, 11) is 0. The van der Waals surface area contributed by atoms with E-state index in [0.717, 1.165) is 44.0 Å². The highest BCUT2D eigenvalue weighted by Crippen LogP contribution is 2.40. The summed E-state index contributed by atoms with van der Waals surface area (Å²) >= 11 is 0. The van der Waals surface area contributed by atoms with Crippen LogP contribution in [0.1, 0.15) is 0 Å². The molecule has 0 N–H and O–H groups in total. The molecule has 11 aromatic rings. The number of pyridine rings is 1. The van der Waals surface area contributed by atoms with E-state index in [1.54, 1.807) is 6.20 Å². The Morgan fingerprint density at radius 1 is 0.259 bits per heavy atom. The number of aromatic nitrogens is 4. The fraction of sp³-hybridized carbons (Fsp3) is 0. The largest absolute Gasteiger partial charge is 0.264 e. The van der Waals surface area contributed by atoms with E-state index in [0.29, 0.717) is 17.5 Å². The van der Waals surface area contributed by atoms with Crippen LogP contribution < -0.4 is 0 Å². The molecule has 0 amide bonds. The molecule has 0 radical (unpaired) electrons. The van der Waals surface area contributed by atoms with Crippen LogP contribution in [0.15, 0.2) is 207 Å². The molecule has 0 atom stereocenters. The summed E-state index contributed by atoms with van der Waals surface area (Å²) in [4.78, 5) is 19.7. The van der Waals surface area contributed by atoms with Crippen LogP contribution in [0.3, 0.4) is 0 Å².